The van der Waals surface area contributed by atoms with E-state index in [-0.39, 0.29) is 34.7 Å². The van der Waals surface area contributed by atoms with E-state index in [0.29, 0.717) is 17.8 Å². The third-order valence-electron chi connectivity index (χ3n) is 10.8. The van der Waals surface area contributed by atoms with Gasteiger partial charge in [-0.2, -0.15) is 0 Å². The maximum absolute atomic E-state index is 13.9. The number of hydroxylamine groups is 3. The standard InChI is InChI=1S/C28H47NO4P/c1-18(2)29(31,19(3)4)26(30)25-12-11-23-22-10-9-20-17-21(34(8,32)33-7)13-15-27(20,5)24(22)14-16-28(23,25)6/h9,17-19,22-25,31H,10-16H2,1-8H3/q+1/t22-,23-,24-,25+,27-,28-,34?/m0/s1. The molecule has 2 fully saturated rings. The third kappa shape index (κ3) is 3.67. The van der Waals surface area contributed by atoms with Gasteiger partial charge in [0.05, 0.1) is 5.92 Å². The maximum atomic E-state index is 13.9. The van der Waals surface area contributed by atoms with E-state index in [1.807, 2.05) is 27.7 Å². The number of hydrogen-bond donors (Lipinski definition) is 1. The number of hydrogen-bond acceptors (Lipinski definition) is 4. The fourth-order valence-electron chi connectivity index (χ4n) is 8.51. The Morgan fingerprint density at radius 1 is 1.12 bits per heavy atom. The van der Waals surface area contributed by atoms with Crippen LogP contribution in [0.15, 0.2) is 23.0 Å². The highest BCUT2D eigenvalue weighted by atomic mass is 31.2. The Labute approximate surface area is 207 Å². The van der Waals surface area contributed by atoms with Gasteiger partial charge in [-0.15, -0.1) is 4.65 Å². The van der Waals surface area contributed by atoms with E-state index in [1.165, 1.54) is 5.57 Å². The number of quaternary nitrogens is 1. The lowest BCUT2D eigenvalue weighted by molar-refractivity contribution is -1.07. The van der Waals surface area contributed by atoms with Crippen molar-refractivity contribution in [2.75, 3.05) is 13.8 Å². The summed E-state index contributed by atoms with van der Waals surface area (Å²) in [7, 11) is -1.15. The number of carbonyl (C=O) groups is 1. The SMILES string of the molecule is COP(C)(=O)C1=CC2=CC[C@H]3[C@@H]4CC[C@H](C(=O)[N+](O)(C(C)C)C(C)C)[C@@]4(C)CC[C@@H]3[C@@]2(C)CC1. The van der Waals surface area contributed by atoms with E-state index in [9.17, 15) is 14.6 Å². The highest BCUT2D eigenvalue weighted by Gasteiger charge is 2.63. The molecule has 0 aromatic carbocycles. The molecule has 0 aromatic heterocycles. The Balaban J connectivity index is 1.64. The zero-order valence-electron chi connectivity index (χ0n) is 22.6. The number of nitrogens with zero attached hydrogens (tertiary/aromatic N) is 1. The molecule has 2 saturated carbocycles. The second kappa shape index (κ2) is 8.68. The normalized spacial score (nSPS) is 39.6. The molecule has 0 aliphatic heterocycles. The van der Waals surface area contributed by atoms with Crippen molar-refractivity contribution in [3.63, 3.8) is 0 Å². The Morgan fingerprint density at radius 3 is 2.35 bits per heavy atom. The van der Waals surface area contributed by atoms with Gasteiger partial charge in [0.1, 0.15) is 12.1 Å². The van der Waals surface area contributed by atoms with E-state index in [2.05, 4.69) is 26.0 Å². The highest BCUT2D eigenvalue weighted by Crippen LogP contribution is 2.68. The number of fused-ring (bicyclic) bond motifs is 5. The minimum atomic E-state index is -2.70. The van der Waals surface area contributed by atoms with Gasteiger partial charge >= 0.3 is 5.91 Å². The van der Waals surface area contributed by atoms with Crippen molar-refractivity contribution in [1.29, 1.82) is 0 Å². The van der Waals surface area contributed by atoms with Crippen molar-refractivity contribution in [1.82, 2.24) is 0 Å². The van der Waals surface area contributed by atoms with Gasteiger partial charge in [0.2, 0.25) is 7.37 Å². The molecule has 7 atom stereocenters. The van der Waals surface area contributed by atoms with Crippen molar-refractivity contribution < 1.29 is 23.7 Å². The molecule has 4 aliphatic rings. The van der Waals surface area contributed by atoms with Crippen LogP contribution in [-0.4, -0.2) is 41.6 Å². The summed E-state index contributed by atoms with van der Waals surface area (Å²) in [6, 6.07) is -0.286. The molecule has 0 saturated heterocycles. The molecule has 0 bridgehead atoms. The minimum Gasteiger partial charge on any atom is -0.329 e. The lowest BCUT2D eigenvalue weighted by Gasteiger charge is -2.57. The summed E-state index contributed by atoms with van der Waals surface area (Å²) in [5, 5.41) is 12.5. The van der Waals surface area contributed by atoms with Crippen LogP contribution in [0.4, 0.5) is 0 Å². The summed E-state index contributed by atoms with van der Waals surface area (Å²) in [4.78, 5) is 13.9. The predicted molar refractivity (Wildman–Crippen MR) is 137 cm³/mol. The van der Waals surface area contributed by atoms with Crippen LogP contribution < -0.4 is 0 Å². The molecule has 5 nitrogen and oxygen atoms in total. The van der Waals surface area contributed by atoms with Crippen molar-refractivity contribution in [2.45, 2.75) is 98.6 Å². The lowest BCUT2D eigenvalue weighted by Crippen LogP contribution is -2.63. The van der Waals surface area contributed by atoms with E-state index in [1.54, 1.807) is 13.8 Å². The number of amides is 1. The van der Waals surface area contributed by atoms with E-state index in [4.69, 9.17) is 4.52 Å². The molecule has 0 heterocycles. The summed E-state index contributed by atoms with van der Waals surface area (Å²) < 4.78 is 17.8. The quantitative estimate of drug-likeness (QED) is 0.191. The Hall–Kier alpha value is -0.740. The predicted octanol–water partition coefficient (Wildman–Crippen LogP) is 7.16. The second-order valence-corrected chi connectivity index (χ2v) is 15.4. The van der Waals surface area contributed by atoms with Gasteiger partial charge in [-0.05, 0) is 113 Å². The van der Waals surface area contributed by atoms with E-state index < -0.39 is 12.0 Å². The fraction of sp³-hybridized carbons (Fsp3) is 0.821. The molecule has 0 radical (unpaired) electrons. The van der Waals surface area contributed by atoms with Crippen LogP contribution in [-0.2, 0) is 13.9 Å². The Bertz CT molecular complexity index is 944. The van der Waals surface area contributed by atoms with Gasteiger partial charge in [0.15, 0.2) is 0 Å². The van der Waals surface area contributed by atoms with E-state index >= 15 is 0 Å². The van der Waals surface area contributed by atoms with Crippen molar-refractivity contribution in [3.8, 4) is 0 Å². The first-order chi connectivity index (χ1) is 15.7. The largest absolute Gasteiger partial charge is 0.349 e. The first kappa shape index (κ1) is 26.3. The molecule has 34 heavy (non-hydrogen) atoms. The molecule has 6 heteroatoms. The summed E-state index contributed by atoms with van der Waals surface area (Å²) in [5.74, 6) is 1.66. The molecule has 1 N–H and O–H groups in total. The van der Waals surface area contributed by atoms with Crippen molar-refractivity contribution in [3.05, 3.63) is 23.0 Å². The van der Waals surface area contributed by atoms with Gasteiger partial charge in [0.25, 0.3) is 0 Å². The second-order valence-electron chi connectivity index (χ2n) is 12.8. The zero-order chi connectivity index (χ0) is 25.3. The van der Waals surface area contributed by atoms with Crippen LogP contribution in [0.2, 0.25) is 0 Å². The molecular formula is C28H47NO4P+. The summed E-state index contributed by atoms with van der Waals surface area (Å²) in [6.45, 7) is 14.3. The molecule has 192 valence electrons. The van der Waals surface area contributed by atoms with Gasteiger partial charge in [-0.3, -0.25) is 4.57 Å². The van der Waals surface area contributed by atoms with Gasteiger partial charge in [-0.25, -0.2) is 10.0 Å². The number of carbonyl (C=O) groups excluding carboxylic acids is 1. The first-order valence-corrected chi connectivity index (χ1v) is 15.5. The average molecular weight is 493 g/mol. The lowest BCUT2D eigenvalue weighted by atomic mass is 9.48. The first-order valence-electron chi connectivity index (χ1n) is 13.4. The van der Waals surface area contributed by atoms with Crippen LogP contribution in [0.1, 0.15) is 86.5 Å². The number of rotatable bonds is 5. The van der Waals surface area contributed by atoms with Crippen LogP contribution in [0.25, 0.3) is 0 Å². The summed E-state index contributed by atoms with van der Waals surface area (Å²) >= 11 is 0. The third-order valence-corrected chi connectivity index (χ3v) is 12.9. The molecular weight excluding hydrogens is 445 g/mol. The summed E-state index contributed by atoms with van der Waals surface area (Å²) in [6.07, 6.45) is 11.7. The Morgan fingerprint density at radius 2 is 1.76 bits per heavy atom. The van der Waals surface area contributed by atoms with Crippen LogP contribution in [0.3, 0.4) is 0 Å². The van der Waals surface area contributed by atoms with Gasteiger partial charge in [-0.1, -0.05) is 19.9 Å². The Kier molecular flexibility index (Phi) is 6.72. The van der Waals surface area contributed by atoms with Gasteiger partial charge < -0.3 is 4.52 Å². The molecule has 1 unspecified atom stereocenters. The minimum absolute atomic E-state index is 0.0372. The fourth-order valence-corrected chi connectivity index (χ4v) is 9.63. The average Bonchev–Trinajstić information content (AvgIpc) is 3.14. The molecule has 1 amide bonds. The zero-order valence-corrected chi connectivity index (χ0v) is 23.5. The van der Waals surface area contributed by atoms with Crippen LogP contribution in [0, 0.1) is 34.5 Å². The monoisotopic (exact) mass is 492 g/mol. The molecule has 0 spiro atoms. The molecule has 4 aliphatic carbocycles. The van der Waals surface area contributed by atoms with Crippen molar-refractivity contribution >= 4 is 13.3 Å². The van der Waals surface area contributed by atoms with E-state index in [0.717, 1.165) is 50.3 Å². The summed E-state index contributed by atoms with van der Waals surface area (Å²) in [5.41, 5.74) is 1.42. The van der Waals surface area contributed by atoms with Crippen LogP contribution in [0.5, 0.6) is 0 Å². The topological polar surface area (TPSA) is 63.6 Å². The van der Waals surface area contributed by atoms with Gasteiger partial charge in [0, 0.05) is 19.1 Å². The van der Waals surface area contributed by atoms with Crippen molar-refractivity contribution in [2.24, 2.45) is 34.5 Å². The van der Waals surface area contributed by atoms with Crippen LogP contribution >= 0.6 is 7.37 Å². The molecule has 4 rings (SSSR count). The number of allylic oxidation sites excluding steroid dienone is 4. The maximum Gasteiger partial charge on any atom is 0.349 e. The highest BCUT2D eigenvalue weighted by molar-refractivity contribution is 7.62. The smallest absolute Gasteiger partial charge is 0.329 e. The molecule has 0 aromatic rings.